The van der Waals surface area contributed by atoms with Gasteiger partial charge in [-0.05, 0) is 30.7 Å². The molecule has 6 heteroatoms. The highest BCUT2D eigenvalue weighted by Crippen LogP contribution is 2.29. The lowest BCUT2D eigenvalue weighted by Gasteiger charge is -2.04. The Morgan fingerprint density at radius 2 is 2.21 bits per heavy atom. The van der Waals surface area contributed by atoms with Crippen molar-refractivity contribution < 1.29 is 9.21 Å². The molecule has 5 N–H and O–H groups in total. The molecule has 0 saturated heterocycles. The second kappa shape index (κ2) is 5.81. The van der Waals surface area contributed by atoms with E-state index in [-0.39, 0.29) is 5.91 Å². The summed E-state index contributed by atoms with van der Waals surface area (Å²) in [6.07, 6.45) is 1.39. The normalized spacial score (nSPS) is 10.4. The van der Waals surface area contributed by atoms with Crippen LogP contribution in [0, 0.1) is 6.92 Å². The monoisotopic (exact) mass is 277 g/mol. The molecule has 1 heterocycles. The third-order valence-electron chi connectivity index (χ3n) is 2.58. The zero-order valence-corrected chi connectivity index (χ0v) is 11.3. The average Bonchev–Trinajstić information content (AvgIpc) is 2.85. The highest BCUT2D eigenvalue weighted by atomic mass is 32.2. The van der Waals surface area contributed by atoms with Crippen molar-refractivity contribution in [3.8, 4) is 0 Å². The van der Waals surface area contributed by atoms with E-state index in [0.29, 0.717) is 17.1 Å². The van der Waals surface area contributed by atoms with E-state index >= 15 is 0 Å². The molecule has 0 bridgehead atoms. The molecule has 0 unspecified atom stereocenters. The summed E-state index contributed by atoms with van der Waals surface area (Å²) in [4.78, 5) is 12.3. The molecule has 2 rings (SSSR count). The standard InChI is InChI=1S/C13H15N3O2S/c1-8-2-3-12(11(14)4-8)19-7-10-5-9(6-18-10)13(17)16-15/h2-6H,7,14-15H2,1H3,(H,16,17). The third kappa shape index (κ3) is 3.30. The molecule has 0 aliphatic carbocycles. The molecule has 100 valence electrons. The number of furan rings is 1. The maximum absolute atomic E-state index is 11.3. The fraction of sp³-hybridized carbons (Fsp3) is 0.154. The number of aryl methyl sites for hydroxylation is 1. The maximum Gasteiger partial charge on any atom is 0.268 e. The minimum absolute atomic E-state index is 0.366. The number of rotatable bonds is 4. The van der Waals surface area contributed by atoms with Crippen molar-refractivity contribution in [3.05, 3.63) is 47.4 Å². The van der Waals surface area contributed by atoms with Crippen molar-refractivity contribution in [2.45, 2.75) is 17.6 Å². The van der Waals surface area contributed by atoms with E-state index in [2.05, 4.69) is 5.43 Å². The topological polar surface area (TPSA) is 94.3 Å². The lowest BCUT2D eigenvalue weighted by molar-refractivity contribution is 0.0953. The summed E-state index contributed by atoms with van der Waals surface area (Å²) in [6, 6.07) is 7.58. The van der Waals surface area contributed by atoms with Crippen LogP contribution < -0.4 is 17.0 Å². The number of anilines is 1. The average molecular weight is 277 g/mol. The molecule has 0 aliphatic rings. The summed E-state index contributed by atoms with van der Waals surface area (Å²) in [5, 5.41) is 0. The largest absolute Gasteiger partial charge is 0.468 e. The number of hydrogen-bond donors (Lipinski definition) is 3. The molecule has 5 nitrogen and oxygen atoms in total. The van der Waals surface area contributed by atoms with Gasteiger partial charge in [0.05, 0.1) is 11.3 Å². The molecule has 0 aliphatic heterocycles. The first-order valence-electron chi connectivity index (χ1n) is 5.67. The quantitative estimate of drug-likeness (QED) is 0.261. The summed E-state index contributed by atoms with van der Waals surface area (Å²) in [6.45, 7) is 2.00. The van der Waals surface area contributed by atoms with Gasteiger partial charge < -0.3 is 10.2 Å². The van der Waals surface area contributed by atoms with Crippen LogP contribution in [0.4, 0.5) is 5.69 Å². The van der Waals surface area contributed by atoms with Crippen LogP contribution >= 0.6 is 11.8 Å². The molecular formula is C13H15N3O2S. The number of carbonyl (C=O) groups is 1. The van der Waals surface area contributed by atoms with Crippen LogP contribution in [0.15, 0.2) is 39.8 Å². The van der Waals surface area contributed by atoms with Crippen molar-refractivity contribution in [3.63, 3.8) is 0 Å². The molecular weight excluding hydrogens is 262 g/mol. The van der Waals surface area contributed by atoms with Gasteiger partial charge in [-0.25, -0.2) is 5.84 Å². The smallest absolute Gasteiger partial charge is 0.268 e. The first-order chi connectivity index (χ1) is 9.10. The molecule has 0 fully saturated rings. The summed E-state index contributed by atoms with van der Waals surface area (Å²) < 4.78 is 5.29. The summed E-state index contributed by atoms with van der Waals surface area (Å²) in [5.41, 5.74) is 10.3. The van der Waals surface area contributed by atoms with Crippen LogP contribution in [0.5, 0.6) is 0 Å². The highest BCUT2D eigenvalue weighted by Gasteiger charge is 2.09. The number of benzene rings is 1. The Hall–Kier alpha value is -1.92. The van der Waals surface area contributed by atoms with Gasteiger partial charge in [-0.2, -0.15) is 0 Å². The predicted octanol–water partition coefficient (Wildman–Crippen LogP) is 2.07. The van der Waals surface area contributed by atoms with Gasteiger partial charge >= 0.3 is 0 Å². The van der Waals surface area contributed by atoms with Gasteiger partial charge in [0.1, 0.15) is 12.0 Å². The molecule has 0 atom stereocenters. The Morgan fingerprint density at radius 3 is 2.89 bits per heavy atom. The summed E-state index contributed by atoms with van der Waals surface area (Å²) in [5.74, 6) is 5.98. The summed E-state index contributed by atoms with van der Waals surface area (Å²) >= 11 is 1.56. The van der Waals surface area contributed by atoms with E-state index in [4.69, 9.17) is 16.0 Å². The van der Waals surface area contributed by atoms with Crippen molar-refractivity contribution >= 4 is 23.4 Å². The lowest BCUT2D eigenvalue weighted by atomic mass is 10.2. The number of thioether (sulfide) groups is 1. The molecule has 2 aromatic rings. The SMILES string of the molecule is Cc1ccc(SCc2cc(C(=O)NN)co2)c(N)c1. The molecule has 0 radical (unpaired) electrons. The minimum atomic E-state index is -0.366. The first kappa shape index (κ1) is 13.5. The van der Waals surface area contributed by atoms with E-state index in [1.54, 1.807) is 17.8 Å². The fourth-order valence-electron chi connectivity index (χ4n) is 1.61. The fourth-order valence-corrected chi connectivity index (χ4v) is 2.45. The molecule has 19 heavy (non-hydrogen) atoms. The van der Waals surface area contributed by atoms with Crippen LogP contribution in [-0.4, -0.2) is 5.91 Å². The second-order valence-electron chi connectivity index (χ2n) is 4.11. The zero-order valence-electron chi connectivity index (χ0n) is 10.5. The van der Waals surface area contributed by atoms with Gasteiger partial charge in [0.15, 0.2) is 0 Å². The van der Waals surface area contributed by atoms with Crippen molar-refractivity contribution in [2.75, 3.05) is 5.73 Å². The third-order valence-corrected chi connectivity index (χ3v) is 3.69. The number of hydrazine groups is 1. The highest BCUT2D eigenvalue weighted by molar-refractivity contribution is 7.98. The van der Waals surface area contributed by atoms with E-state index in [9.17, 15) is 4.79 Å². The number of nitrogen functional groups attached to an aromatic ring is 2. The lowest BCUT2D eigenvalue weighted by Crippen LogP contribution is -2.29. The van der Waals surface area contributed by atoms with Gasteiger partial charge in [0.25, 0.3) is 5.91 Å². The van der Waals surface area contributed by atoms with E-state index in [1.807, 2.05) is 25.1 Å². The minimum Gasteiger partial charge on any atom is -0.468 e. The first-order valence-corrected chi connectivity index (χ1v) is 6.66. The van der Waals surface area contributed by atoms with Gasteiger partial charge in [-0.1, -0.05) is 6.07 Å². The van der Waals surface area contributed by atoms with E-state index in [1.165, 1.54) is 6.26 Å². The Balaban J connectivity index is 2.02. The number of hydrogen-bond acceptors (Lipinski definition) is 5. The predicted molar refractivity (Wildman–Crippen MR) is 75.5 cm³/mol. The Bertz CT molecular complexity index is 595. The summed E-state index contributed by atoms with van der Waals surface area (Å²) in [7, 11) is 0. The Morgan fingerprint density at radius 1 is 1.42 bits per heavy atom. The Labute approximate surface area is 115 Å². The number of amides is 1. The van der Waals surface area contributed by atoms with Crippen LogP contribution in [0.25, 0.3) is 0 Å². The Kier molecular flexibility index (Phi) is 4.13. The van der Waals surface area contributed by atoms with Gasteiger partial charge in [0, 0.05) is 10.6 Å². The molecule has 0 spiro atoms. The number of nitrogens with one attached hydrogen (secondary N) is 1. The number of carbonyl (C=O) groups excluding carboxylic acids is 1. The van der Waals surface area contributed by atoms with Gasteiger partial charge in [-0.15, -0.1) is 11.8 Å². The van der Waals surface area contributed by atoms with Gasteiger partial charge in [-0.3, -0.25) is 10.2 Å². The van der Waals surface area contributed by atoms with Gasteiger partial charge in [0.2, 0.25) is 0 Å². The zero-order chi connectivity index (χ0) is 13.8. The van der Waals surface area contributed by atoms with E-state index in [0.717, 1.165) is 16.1 Å². The van der Waals surface area contributed by atoms with Crippen molar-refractivity contribution in [1.29, 1.82) is 0 Å². The molecule has 0 saturated carbocycles. The van der Waals surface area contributed by atoms with Crippen molar-refractivity contribution in [1.82, 2.24) is 5.43 Å². The van der Waals surface area contributed by atoms with Crippen LogP contribution in [0.2, 0.25) is 0 Å². The number of nitrogens with two attached hydrogens (primary N) is 2. The van der Waals surface area contributed by atoms with Crippen molar-refractivity contribution in [2.24, 2.45) is 5.84 Å². The molecule has 1 aromatic carbocycles. The van der Waals surface area contributed by atoms with Crippen LogP contribution in [0.1, 0.15) is 21.7 Å². The molecule has 1 amide bonds. The molecule has 1 aromatic heterocycles. The maximum atomic E-state index is 11.3. The second-order valence-corrected chi connectivity index (χ2v) is 5.12. The van der Waals surface area contributed by atoms with Crippen LogP contribution in [-0.2, 0) is 5.75 Å². The van der Waals surface area contributed by atoms with E-state index < -0.39 is 0 Å². The van der Waals surface area contributed by atoms with Crippen LogP contribution in [0.3, 0.4) is 0 Å².